The molecule has 0 aromatic heterocycles. The second kappa shape index (κ2) is 8.00. The van der Waals surface area contributed by atoms with E-state index < -0.39 is 0 Å². The topological polar surface area (TPSA) is 21.3 Å². The SMILES string of the molecule is COc1cccc(-c2cccc(CNC(C)c3ccc(C)cc3)c2)c1. The molecule has 0 amide bonds. The van der Waals surface area contributed by atoms with Gasteiger partial charge in [-0.05, 0) is 54.3 Å². The number of hydrogen-bond donors (Lipinski definition) is 1. The molecule has 128 valence electrons. The van der Waals surface area contributed by atoms with Gasteiger partial charge in [0.2, 0.25) is 0 Å². The average Bonchev–Trinajstić information content (AvgIpc) is 2.67. The van der Waals surface area contributed by atoms with E-state index in [2.05, 4.69) is 79.8 Å². The summed E-state index contributed by atoms with van der Waals surface area (Å²) < 4.78 is 5.33. The Morgan fingerprint density at radius 3 is 2.28 bits per heavy atom. The predicted octanol–water partition coefficient (Wildman–Crippen LogP) is 5.52. The molecular weight excluding hydrogens is 306 g/mol. The van der Waals surface area contributed by atoms with E-state index in [-0.39, 0.29) is 0 Å². The van der Waals surface area contributed by atoms with Crippen LogP contribution in [0.2, 0.25) is 0 Å². The lowest BCUT2D eigenvalue weighted by Crippen LogP contribution is -2.18. The van der Waals surface area contributed by atoms with Crippen molar-refractivity contribution in [3.63, 3.8) is 0 Å². The number of nitrogens with one attached hydrogen (secondary N) is 1. The van der Waals surface area contributed by atoms with E-state index in [1.54, 1.807) is 7.11 Å². The summed E-state index contributed by atoms with van der Waals surface area (Å²) in [6.07, 6.45) is 0. The number of aryl methyl sites for hydroxylation is 1. The van der Waals surface area contributed by atoms with Crippen molar-refractivity contribution in [1.82, 2.24) is 5.32 Å². The monoisotopic (exact) mass is 331 g/mol. The lowest BCUT2D eigenvalue weighted by molar-refractivity contribution is 0.415. The van der Waals surface area contributed by atoms with Crippen LogP contribution in [0, 0.1) is 6.92 Å². The van der Waals surface area contributed by atoms with E-state index in [0.717, 1.165) is 12.3 Å². The van der Waals surface area contributed by atoms with Crippen LogP contribution in [-0.4, -0.2) is 7.11 Å². The van der Waals surface area contributed by atoms with Crippen molar-refractivity contribution in [2.24, 2.45) is 0 Å². The lowest BCUT2D eigenvalue weighted by atomic mass is 10.0. The largest absolute Gasteiger partial charge is 0.497 e. The third-order valence-electron chi connectivity index (χ3n) is 4.52. The summed E-state index contributed by atoms with van der Waals surface area (Å²) in [5.74, 6) is 0.883. The van der Waals surface area contributed by atoms with Crippen LogP contribution in [0.3, 0.4) is 0 Å². The Bertz CT molecular complexity index is 824. The van der Waals surface area contributed by atoms with Crippen LogP contribution in [0.15, 0.2) is 72.8 Å². The molecule has 2 nitrogen and oxygen atoms in total. The standard InChI is InChI=1S/C23H25NO/c1-17-10-12-20(13-11-17)18(2)24-16-19-6-4-7-21(14-19)22-8-5-9-23(15-22)25-3/h4-15,18,24H,16H2,1-3H3. The van der Waals surface area contributed by atoms with Gasteiger partial charge in [-0.1, -0.05) is 60.2 Å². The van der Waals surface area contributed by atoms with Gasteiger partial charge in [0.1, 0.15) is 5.75 Å². The van der Waals surface area contributed by atoms with Gasteiger partial charge in [0.05, 0.1) is 7.11 Å². The molecule has 0 aliphatic rings. The fraction of sp³-hybridized carbons (Fsp3) is 0.217. The number of rotatable bonds is 6. The summed E-state index contributed by atoms with van der Waals surface area (Å²) in [7, 11) is 1.70. The fourth-order valence-corrected chi connectivity index (χ4v) is 2.91. The summed E-state index contributed by atoms with van der Waals surface area (Å²) in [5, 5.41) is 3.61. The molecule has 2 heteroatoms. The van der Waals surface area contributed by atoms with Gasteiger partial charge in [0, 0.05) is 12.6 Å². The zero-order valence-corrected chi connectivity index (χ0v) is 15.1. The molecular formula is C23H25NO. The smallest absolute Gasteiger partial charge is 0.119 e. The summed E-state index contributed by atoms with van der Waals surface area (Å²) >= 11 is 0. The molecule has 0 spiro atoms. The molecule has 0 saturated carbocycles. The Kier molecular flexibility index (Phi) is 5.52. The van der Waals surface area contributed by atoms with E-state index in [1.165, 1.54) is 27.8 Å². The summed E-state index contributed by atoms with van der Waals surface area (Å²) in [4.78, 5) is 0. The molecule has 0 saturated heterocycles. The van der Waals surface area contributed by atoms with Crippen molar-refractivity contribution in [1.29, 1.82) is 0 Å². The highest BCUT2D eigenvalue weighted by molar-refractivity contribution is 5.65. The normalized spacial score (nSPS) is 12.0. The highest BCUT2D eigenvalue weighted by atomic mass is 16.5. The maximum Gasteiger partial charge on any atom is 0.119 e. The van der Waals surface area contributed by atoms with E-state index in [9.17, 15) is 0 Å². The summed E-state index contributed by atoms with van der Waals surface area (Å²) in [5.41, 5.74) is 6.27. The maximum atomic E-state index is 5.33. The first-order chi connectivity index (χ1) is 12.2. The third-order valence-corrected chi connectivity index (χ3v) is 4.52. The van der Waals surface area contributed by atoms with Crippen molar-refractivity contribution in [3.8, 4) is 16.9 Å². The molecule has 0 bridgehead atoms. The highest BCUT2D eigenvalue weighted by Crippen LogP contribution is 2.24. The minimum Gasteiger partial charge on any atom is -0.497 e. The first kappa shape index (κ1) is 17.2. The number of methoxy groups -OCH3 is 1. The molecule has 0 fully saturated rings. The minimum atomic E-state index is 0.320. The van der Waals surface area contributed by atoms with Crippen molar-refractivity contribution < 1.29 is 4.74 Å². The van der Waals surface area contributed by atoms with Crippen molar-refractivity contribution in [3.05, 3.63) is 89.5 Å². The quantitative estimate of drug-likeness (QED) is 0.642. The molecule has 1 unspecified atom stereocenters. The number of ether oxygens (including phenoxy) is 1. The fourth-order valence-electron chi connectivity index (χ4n) is 2.91. The van der Waals surface area contributed by atoms with Gasteiger partial charge in [0.15, 0.2) is 0 Å². The second-order valence-corrected chi connectivity index (χ2v) is 6.45. The van der Waals surface area contributed by atoms with E-state index >= 15 is 0 Å². The van der Waals surface area contributed by atoms with Crippen molar-refractivity contribution in [2.75, 3.05) is 7.11 Å². The first-order valence-corrected chi connectivity index (χ1v) is 8.69. The van der Waals surface area contributed by atoms with Gasteiger partial charge < -0.3 is 10.1 Å². The van der Waals surface area contributed by atoms with E-state index in [0.29, 0.717) is 6.04 Å². The maximum absolute atomic E-state index is 5.33. The molecule has 3 aromatic rings. The average molecular weight is 331 g/mol. The summed E-state index contributed by atoms with van der Waals surface area (Å²) in [6.45, 7) is 5.16. The molecule has 1 atom stereocenters. The third kappa shape index (κ3) is 4.49. The van der Waals surface area contributed by atoms with Crippen LogP contribution < -0.4 is 10.1 Å². The van der Waals surface area contributed by atoms with Gasteiger partial charge >= 0.3 is 0 Å². The van der Waals surface area contributed by atoms with E-state index in [4.69, 9.17) is 4.74 Å². The minimum absolute atomic E-state index is 0.320. The number of benzene rings is 3. The van der Waals surface area contributed by atoms with E-state index in [1.807, 2.05) is 12.1 Å². The Morgan fingerprint density at radius 1 is 0.880 bits per heavy atom. The molecule has 0 aliphatic carbocycles. The Hall–Kier alpha value is -2.58. The van der Waals surface area contributed by atoms with Gasteiger partial charge in [-0.25, -0.2) is 0 Å². The molecule has 1 N–H and O–H groups in total. The lowest BCUT2D eigenvalue weighted by Gasteiger charge is -2.15. The molecule has 0 heterocycles. The van der Waals surface area contributed by atoms with Crippen LogP contribution in [-0.2, 0) is 6.54 Å². The highest BCUT2D eigenvalue weighted by Gasteiger charge is 2.06. The van der Waals surface area contributed by atoms with Gasteiger partial charge in [-0.3, -0.25) is 0 Å². The molecule has 0 radical (unpaired) electrons. The van der Waals surface area contributed by atoms with Crippen LogP contribution in [0.1, 0.15) is 29.7 Å². The Morgan fingerprint density at radius 2 is 1.56 bits per heavy atom. The molecule has 3 aromatic carbocycles. The Balaban J connectivity index is 1.70. The predicted molar refractivity (Wildman–Crippen MR) is 105 cm³/mol. The molecule has 0 aliphatic heterocycles. The van der Waals surface area contributed by atoms with Crippen molar-refractivity contribution >= 4 is 0 Å². The van der Waals surface area contributed by atoms with Crippen LogP contribution in [0.5, 0.6) is 5.75 Å². The van der Waals surface area contributed by atoms with Crippen LogP contribution >= 0.6 is 0 Å². The molecule has 3 rings (SSSR count). The van der Waals surface area contributed by atoms with Crippen LogP contribution in [0.4, 0.5) is 0 Å². The summed E-state index contributed by atoms with van der Waals surface area (Å²) in [6, 6.07) is 25.9. The van der Waals surface area contributed by atoms with Crippen molar-refractivity contribution in [2.45, 2.75) is 26.4 Å². The molecule has 25 heavy (non-hydrogen) atoms. The zero-order valence-electron chi connectivity index (χ0n) is 15.1. The first-order valence-electron chi connectivity index (χ1n) is 8.69. The number of hydrogen-bond acceptors (Lipinski definition) is 2. The van der Waals surface area contributed by atoms with Gasteiger partial charge in [0.25, 0.3) is 0 Å². The van der Waals surface area contributed by atoms with Crippen LogP contribution in [0.25, 0.3) is 11.1 Å². The zero-order chi connectivity index (χ0) is 17.6. The Labute approximate surface area is 150 Å². The second-order valence-electron chi connectivity index (χ2n) is 6.45. The van der Waals surface area contributed by atoms with Gasteiger partial charge in [-0.2, -0.15) is 0 Å². The van der Waals surface area contributed by atoms with Gasteiger partial charge in [-0.15, -0.1) is 0 Å².